The standard InChI is InChI=1S/C17H16ClN3O2S/c1-2-21(16(22)9-12-4-3-7-24-12)10-15-19-14-8-11(18)5-6-13(14)17(23)20-15/h3-8H,2,9-10H2,1H3,(H,19,20,23). The second-order valence-corrected chi connectivity index (χ2v) is 6.81. The van der Waals surface area contributed by atoms with Gasteiger partial charge in [-0.3, -0.25) is 9.59 Å². The van der Waals surface area contributed by atoms with Crippen molar-refractivity contribution < 1.29 is 4.79 Å². The van der Waals surface area contributed by atoms with Crippen LogP contribution in [0.2, 0.25) is 5.02 Å². The van der Waals surface area contributed by atoms with Gasteiger partial charge in [-0.2, -0.15) is 0 Å². The van der Waals surface area contributed by atoms with E-state index in [0.29, 0.717) is 34.7 Å². The van der Waals surface area contributed by atoms with Crippen molar-refractivity contribution >= 4 is 39.7 Å². The number of carbonyl (C=O) groups excluding carboxylic acids is 1. The van der Waals surface area contributed by atoms with E-state index in [1.807, 2.05) is 24.4 Å². The smallest absolute Gasteiger partial charge is 0.258 e. The molecule has 0 bridgehead atoms. The van der Waals surface area contributed by atoms with E-state index < -0.39 is 0 Å². The van der Waals surface area contributed by atoms with Gasteiger partial charge in [0.15, 0.2) is 0 Å². The molecule has 0 aliphatic heterocycles. The number of nitrogens with one attached hydrogen (secondary N) is 1. The summed E-state index contributed by atoms with van der Waals surface area (Å²) in [7, 11) is 0. The second kappa shape index (κ2) is 7.15. The number of rotatable bonds is 5. The van der Waals surface area contributed by atoms with Gasteiger partial charge in [0.05, 0.1) is 23.9 Å². The first-order chi connectivity index (χ1) is 11.6. The zero-order valence-electron chi connectivity index (χ0n) is 13.1. The first-order valence-electron chi connectivity index (χ1n) is 7.55. The fourth-order valence-electron chi connectivity index (χ4n) is 2.47. The summed E-state index contributed by atoms with van der Waals surface area (Å²) in [5, 5.41) is 2.95. The fraction of sp³-hybridized carbons (Fsp3) is 0.235. The summed E-state index contributed by atoms with van der Waals surface area (Å²) in [6.07, 6.45) is 0.356. The van der Waals surface area contributed by atoms with Gasteiger partial charge in [-0.15, -0.1) is 11.3 Å². The van der Waals surface area contributed by atoms with Crippen molar-refractivity contribution in [2.24, 2.45) is 0 Å². The second-order valence-electron chi connectivity index (χ2n) is 5.34. The molecule has 1 amide bonds. The number of hydrogen-bond donors (Lipinski definition) is 1. The van der Waals surface area contributed by atoms with Gasteiger partial charge in [-0.1, -0.05) is 17.7 Å². The molecule has 1 aromatic carbocycles. The molecule has 0 spiro atoms. The zero-order valence-corrected chi connectivity index (χ0v) is 14.7. The minimum absolute atomic E-state index is 0.00814. The Bertz CT molecular complexity index is 921. The number of fused-ring (bicyclic) bond motifs is 1. The molecule has 1 N–H and O–H groups in total. The van der Waals surface area contributed by atoms with Gasteiger partial charge in [-0.05, 0) is 36.6 Å². The fourth-order valence-corrected chi connectivity index (χ4v) is 3.33. The predicted molar refractivity (Wildman–Crippen MR) is 96.5 cm³/mol. The number of aromatic nitrogens is 2. The Labute approximate surface area is 147 Å². The molecule has 3 rings (SSSR count). The van der Waals surface area contributed by atoms with E-state index >= 15 is 0 Å². The van der Waals surface area contributed by atoms with Crippen molar-refractivity contribution in [3.05, 3.63) is 61.8 Å². The summed E-state index contributed by atoms with van der Waals surface area (Å²) in [6, 6.07) is 8.82. The first kappa shape index (κ1) is 16.7. The van der Waals surface area contributed by atoms with Crippen molar-refractivity contribution in [1.29, 1.82) is 0 Å². The van der Waals surface area contributed by atoms with Gasteiger partial charge >= 0.3 is 0 Å². The number of nitrogens with zero attached hydrogens (tertiary/aromatic N) is 2. The molecule has 0 unspecified atom stereocenters. The summed E-state index contributed by atoms with van der Waals surface area (Å²) >= 11 is 7.53. The molecular formula is C17H16ClN3O2S. The number of hydrogen-bond acceptors (Lipinski definition) is 4. The molecule has 0 saturated carbocycles. The summed E-state index contributed by atoms with van der Waals surface area (Å²) in [5.74, 6) is 0.463. The highest BCUT2D eigenvalue weighted by Gasteiger charge is 2.15. The van der Waals surface area contributed by atoms with Crippen molar-refractivity contribution in [1.82, 2.24) is 14.9 Å². The molecule has 2 aromatic heterocycles. The van der Waals surface area contributed by atoms with Crippen LogP contribution in [0.25, 0.3) is 10.9 Å². The minimum Gasteiger partial charge on any atom is -0.335 e. The van der Waals surface area contributed by atoms with E-state index in [0.717, 1.165) is 4.88 Å². The number of carbonyl (C=O) groups is 1. The van der Waals surface area contributed by atoms with Gasteiger partial charge in [0.2, 0.25) is 5.91 Å². The van der Waals surface area contributed by atoms with E-state index in [1.54, 1.807) is 34.4 Å². The minimum atomic E-state index is -0.228. The summed E-state index contributed by atoms with van der Waals surface area (Å²) in [5.41, 5.74) is 0.302. The van der Waals surface area contributed by atoms with Gasteiger partial charge in [0.25, 0.3) is 5.56 Å². The van der Waals surface area contributed by atoms with Crippen LogP contribution in [0.4, 0.5) is 0 Å². The number of thiophene rings is 1. The number of amides is 1. The molecule has 0 saturated heterocycles. The maximum Gasteiger partial charge on any atom is 0.258 e. The van der Waals surface area contributed by atoms with Crippen molar-refractivity contribution in [3.8, 4) is 0 Å². The molecule has 124 valence electrons. The third kappa shape index (κ3) is 3.66. The number of H-pyrrole nitrogens is 1. The van der Waals surface area contributed by atoms with Gasteiger partial charge in [0, 0.05) is 16.4 Å². The maximum absolute atomic E-state index is 12.4. The largest absolute Gasteiger partial charge is 0.335 e. The number of likely N-dealkylation sites (N-methyl/N-ethyl adjacent to an activating group) is 1. The van der Waals surface area contributed by atoms with E-state index in [9.17, 15) is 9.59 Å². The van der Waals surface area contributed by atoms with Crippen LogP contribution in [-0.2, 0) is 17.8 Å². The molecular weight excluding hydrogens is 346 g/mol. The van der Waals surface area contributed by atoms with Crippen LogP contribution < -0.4 is 5.56 Å². The molecule has 0 aliphatic carbocycles. The summed E-state index contributed by atoms with van der Waals surface area (Å²) in [4.78, 5) is 34.5. The molecule has 7 heteroatoms. The summed E-state index contributed by atoms with van der Waals surface area (Å²) in [6.45, 7) is 2.71. The highest BCUT2D eigenvalue weighted by Crippen LogP contribution is 2.15. The van der Waals surface area contributed by atoms with Gasteiger partial charge in [-0.25, -0.2) is 4.98 Å². The summed E-state index contributed by atoms with van der Waals surface area (Å²) < 4.78 is 0. The van der Waals surface area contributed by atoms with Crippen LogP contribution in [0.3, 0.4) is 0 Å². The molecule has 3 aromatic rings. The van der Waals surface area contributed by atoms with Crippen molar-refractivity contribution in [2.45, 2.75) is 19.9 Å². The molecule has 24 heavy (non-hydrogen) atoms. The number of aromatic amines is 1. The molecule has 0 radical (unpaired) electrons. The Hall–Kier alpha value is -2.18. The quantitative estimate of drug-likeness (QED) is 0.758. The lowest BCUT2D eigenvalue weighted by molar-refractivity contribution is -0.130. The molecule has 0 aliphatic rings. The lowest BCUT2D eigenvalue weighted by atomic mass is 10.2. The van der Waals surface area contributed by atoms with Crippen LogP contribution in [0.15, 0.2) is 40.5 Å². The Morgan fingerprint density at radius 3 is 2.92 bits per heavy atom. The Morgan fingerprint density at radius 1 is 1.38 bits per heavy atom. The SMILES string of the molecule is CCN(Cc1nc2cc(Cl)ccc2c(=O)[nH]1)C(=O)Cc1cccs1. The zero-order chi connectivity index (χ0) is 17.1. The van der Waals surface area contributed by atoms with E-state index in [2.05, 4.69) is 9.97 Å². The first-order valence-corrected chi connectivity index (χ1v) is 8.81. The third-order valence-corrected chi connectivity index (χ3v) is 4.81. The third-order valence-electron chi connectivity index (χ3n) is 3.70. The van der Waals surface area contributed by atoms with Crippen LogP contribution >= 0.6 is 22.9 Å². The van der Waals surface area contributed by atoms with Gasteiger partial charge in [0.1, 0.15) is 5.82 Å². The monoisotopic (exact) mass is 361 g/mol. The Kier molecular flexibility index (Phi) is 4.97. The lowest BCUT2D eigenvalue weighted by Crippen LogP contribution is -2.32. The highest BCUT2D eigenvalue weighted by atomic mass is 35.5. The highest BCUT2D eigenvalue weighted by molar-refractivity contribution is 7.10. The van der Waals surface area contributed by atoms with Crippen molar-refractivity contribution in [3.63, 3.8) is 0 Å². The van der Waals surface area contributed by atoms with Crippen LogP contribution in [0.1, 0.15) is 17.6 Å². The van der Waals surface area contributed by atoms with E-state index in [-0.39, 0.29) is 18.0 Å². The average Bonchev–Trinajstić information content (AvgIpc) is 3.05. The molecule has 0 fully saturated rings. The predicted octanol–water partition coefficient (Wildman–Crippen LogP) is 3.23. The number of benzene rings is 1. The Morgan fingerprint density at radius 2 is 2.21 bits per heavy atom. The van der Waals surface area contributed by atoms with E-state index in [1.165, 1.54) is 0 Å². The molecule has 5 nitrogen and oxygen atoms in total. The average molecular weight is 362 g/mol. The van der Waals surface area contributed by atoms with Crippen molar-refractivity contribution in [2.75, 3.05) is 6.54 Å². The van der Waals surface area contributed by atoms with Crippen LogP contribution in [-0.4, -0.2) is 27.3 Å². The lowest BCUT2D eigenvalue weighted by Gasteiger charge is -2.20. The van der Waals surface area contributed by atoms with Gasteiger partial charge < -0.3 is 9.88 Å². The molecule has 2 heterocycles. The van der Waals surface area contributed by atoms with Crippen LogP contribution in [0, 0.1) is 0 Å². The topological polar surface area (TPSA) is 66.1 Å². The molecule has 0 atom stereocenters. The van der Waals surface area contributed by atoms with Crippen LogP contribution in [0.5, 0.6) is 0 Å². The Balaban J connectivity index is 1.84. The maximum atomic E-state index is 12.4. The normalized spacial score (nSPS) is 10.9. The van der Waals surface area contributed by atoms with E-state index in [4.69, 9.17) is 11.6 Å². The number of halogens is 1.